The smallest absolute Gasteiger partial charge is 0.356 e. The molecule has 0 aliphatic heterocycles. The van der Waals surface area contributed by atoms with Crippen molar-refractivity contribution in [1.29, 1.82) is 0 Å². The third-order valence-corrected chi connectivity index (χ3v) is 1.90. The SMILES string of the molecule is CCc1nc(C(=O)O)c(C(C)(C)O)[nH]1. The van der Waals surface area contributed by atoms with Crippen LogP contribution in [0.2, 0.25) is 0 Å². The third-order valence-electron chi connectivity index (χ3n) is 1.90. The molecule has 0 saturated carbocycles. The number of aliphatic hydroxyl groups is 1. The van der Waals surface area contributed by atoms with Crippen LogP contribution in [0.5, 0.6) is 0 Å². The summed E-state index contributed by atoms with van der Waals surface area (Å²) < 4.78 is 0. The normalized spacial score (nSPS) is 11.7. The van der Waals surface area contributed by atoms with E-state index < -0.39 is 11.6 Å². The number of carboxylic acids is 1. The van der Waals surface area contributed by atoms with Crippen LogP contribution < -0.4 is 0 Å². The fraction of sp³-hybridized carbons (Fsp3) is 0.556. The van der Waals surface area contributed by atoms with Crippen molar-refractivity contribution in [3.8, 4) is 0 Å². The largest absolute Gasteiger partial charge is 0.476 e. The number of rotatable bonds is 3. The Morgan fingerprint density at radius 3 is 2.43 bits per heavy atom. The fourth-order valence-electron chi connectivity index (χ4n) is 1.19. The van der Waals surface area contributed by atoms with Crippen molar-refractivity contribution < 1.29 is 15.0 Å². The van der Waals surface area contributed by atoms with Gasteiger partial charge in [0.25, 0.3) is 0 Å². The van der Waals surface area contributed by atoms with Crippen LogP contribution in [0.15, 0.2) is 0 Å². The molecule has 5 nitrogen and oxygen atoms in total. The maximum absolute atomic E-state index is 10.8. The van der Waals surface area contributed by atoms with Crippen molar-refractivity contribution in [2.75, 3.05) is 0 Å². The van der Waals surface area contributed by atoms with E-state index >= 15 is 0 Å². The van der Waals surface area contributed by atoms with Crippen molar-refractivity contribution in [2.24, 2.45) is 0 Å². The lowest BCUT2D eigenvalue weighted by molar-refractivity contribution is 0.0609. The molecule has 0 radical (unpaired) electrons. The molecule has 0 aliphatic rings. The molecule has 0 spiro atoms. The average Bonchev–Trinajstić information content (AvgIpc) is 2.46. The van der Waals surface area contributed by atoms with Gasteiger partial charge in [-0.2, -0.15) is 0 Å². The van der Waals surface area contributed by atoms with Crippen LogP contribution in [0.4, 0.5) is 0 Å². The van der Waals surface area contributed by atoms with Crippen LogP contribution in [-0.2, 0) is 12.0 Å². The Morgan fingerprint density at radius 1 is 1.57 bits per heavy atom. The monoisotopic (exact) mass is 198 g/mol. The zero-order valence-electron chi connectivity index (χ0n) is 8.46. The maximum Gasteiger partial charge on any atom is 0.356 e. The molecule has 1 heterocycles. The molecule has 0 amide bonds. The van der Waals surface area contributed by atoms with Crippen LogP contribution >= 0.6 is 0 Å². The number of hydrogen-bond acceptors (Lipinski definition) is 3. The molecular weight excluding hydrogens is 184 g/mol. The quantitative estimate of drug-likeness (QED) is 0.673. The summed E-state index contributed by atoms with van der Waals surface area (Å²) in [5.41, 5.74) is -1.06. The van der Waals surface area contributed by atoms with Gasteiger partial charge < -0.3 is 15.2 Å². The summed E-state index contributed by atoms with van der Waals surface area (Å²) in [7, 11) is 0. The highest BCUT2D eigenvalue weighted by molar-refractivity contribution is 5.87. The van der Waals surface area contributed by atoms with Gasteiger partial charge >= 0.3 is 5.97 Å². The zero-order chi connectivity index (χ0) is 10.9. The second kappa shape index (κ2) is 3.42. The van der Waals surface area contributed by atoms with E-state index in [-0.39, 0.29) is 11.4 Å². The van der Waals surface area contributed by atoms with Crippen molar-refractivity contribution in [3.05, 3.63) is 17.2 Å². The number of aromatic nitrogens is 2. The molecule has 0 aromatic carbocycles. The lowest BCUT2D eigenvalue weighted by Gasteiger charge is -2.15. The molecular formula is C9H14N2O3. The summed E-state index contributed by atoms with van der Waals surface area (Å²) in [4.78, 5) is 17.5. The molecule has 3 N–H and O–H groups in total. The summed E-state index contributed by atoms with van der Waals surface area (Å²) in [6.45, 7) is 4.90. The fourth-order valence-corrected chi connectivity index (χ4v) is 1.19. The summed E-state index contributed by atoms with van der Waals surface area (Å²) in [5, 5.41) is 18.5. The van der Waals surface area contributed by atoms with E-state index in [1.165, 1.54) is 13.8 Å². The van der Waals surface area contributed by atoms with E-state index in [1.54, 1.807) is 0 Å². The molecule has 0 atom stereocenters. The number of aryl methyl sites for hydroxylation is 1. The minimum Gasteiger partial charge on any atom is -0.476 e. The minimum absolute atomic E-state index is 0.102. The predicted octanol–water partition coefficient (Wildman–Crippen LogP) is 0.898. The highest BCUT2D eigenvalue weighted by Crippen LogP contribution is 2.21. The van der Waals surface area contributed by atoms with E-state index in [4.69, 9.17) is 5.11 Å². The number of imidazole rings is 1. The minimum atomic E-state index is -1.21. The summed E-state index contributed by atoms with van der Waals surface area (Å²) >= 11 is 0. The first-order chi connectivity index (χ1) is 6.36. The van der Waals surface area contributed by atoms with Gasteiger partial charge in [0, 0.05) is 6.42 Å². The Bertz CT molecular complexity index is 349. The number of carboxylic acid groups (broad SMARTS) is 1. The Morgan fingerprint density at radius 2 is 2.14 bits per heavy atom. The summed E-state index contributed by atoms with van der Waals surface area (Å²) in [6.07, 6.45) is 0.608. The van der Waals surface area contributed by atoms with Gasteiger partial charge in [0.05, 0.1) is 5.69 Å². The van der Waals surface area contributed by atoms with E-state index in [0.717, 1.165) is 0 Å². The van der Waals surface area contributed by atoms with Crippen LogP contribution in [0, 0.1) is 0 Å². The summed E-state index contributed by atoms with van der Waals surface area (Å²) in [6, 6.07) is 0. The number of carbonyl (C=O) groups is 1. The average molecular weight is 198 g/mol. The van der Waals surface area contributed by atoms with Gasteiger partial charge in [0.1, 0.15) is 11.4 Å². The van der Waals surface area contributed by atoms with E-state index in [0.29, 0.717) is 12.2 Å². The lowest BCUT2D eigenvalue weighted by atomic mass is 10.0. The maximum atomic E-state index is 10.8. The van der Waals surface area contributed by atoms with Gasteiger partial charge in [-0.1, -0.05) is 6.92 Å². The topological polar surface area (TPSA) is 86.2 Å². The summed E-state index contributed by atoms with van der Waals surface area (Å²) in [5.74, 6) is -0.558. The van der Waals surface area contributed by atoms with Crippen LogP contribution in [0.3, 0.4) is 0 Å². The number of nitrogens with zero attached hydrogens (tertiary/aromatic N) is 1. The molecule has 0 saturated heterocycles. The first-order valence-corrected chi connectivity index (χ1v) is 4.41. The standard InChI is InChI=1S/C9H14N2O3/c1-4-5-10-6(8(12)13)7(11-5)9(2,3)14/h14H,4H2,1-3H3,(H,10,11)(H,12,13). The second-order valence-corrected chi connectivity index (χ2v) is 3.62. The van der Waals surface area contributed by atoms with Gasteiger partial charge in [0.15, 0.2) is 5.69 Å². The molecule has 0 bridgehead atoms. The highest BCUT2D eigenvalue weighted by Gasteiger charge is 2.27. The van der Waals surface area contributed by atoms with Gasteiger partial charge in [-0.05, 0) is 13.8 Å². The van der Waals surface area contributed by atoms with Crippen molar-refractivity contribution in [3.63, 3.8) is 0 Å². The van der Waals surface area contributed by atoms with Crippen molar-refractivity contribution in [2.45, 2.75) is 32.8 Å². The number of H-pyrrole nitrogens is 1. The van der Waals surface area contributed by atoms with Gasteiger partial charge in [-0.3, -0.25) is 0 Å². The molecule has 1 rings (SSSR count). The highest BCUT2D eigenvalue weighted by atomic mass is 16.4. The molecule has 1 aromatic rings. The third kappa shape index (κ3) is 1.93. The van der Waals surface area contributed by atoms with E-state index in [1.807, 2.05) is 6.92 Å². The number of aromatic carboxylic acids is 1. The molecule has 1 aromatic heterocycles. The van der Waals surface area contributed by atoms with Crippen molar-refractivity contribution >= 4 is 5.97 Å². The second-order valence-electron chi connectivity index (χ2n) is 3.62. The first kappa shape index (κ1) is 10.7. The first-order valence-electron chi connectivity index (χ1n) is 4.41. The van der Waals surface area contributed by atoms with E-state index in [9.17, 15) is 9.90 Å². The van der Waals surface area contributed by atoms with Crippen LogP contribution in [0.25, 0.3) is 0 Å². The Kier molecular flexibility index (Phi) is 2.62. The molecule has 0 aliphatic carbocycles. The lowest BCUT2D eigenvalue weighted by Crippen LogP contribution is -2.20. The molecule has 14 heavy (non-hydrogen) atoms. The van der Waals surface area contributed by atoms with Crippen molar-refractivity contribution in [1.82, 2.24) is 9.97 Å². The molecule has 0 fully saturated rings. The molecule has 0 unspecified atom stereocenters. The zero-order valence-corrected chi connectivity index (χ0v) is 8.46. The number of aromatic amines is 1. The molecule has 5 heteroatoms. The Labute approximate surface area is 81.8 Å². The number of nitrogens with one attached hydrogen (secondary N) is 1. The van der Waals surface area contributed by atoms with Crippen LogP contribution in [-0.4, -0.2) is 26.2 Å². The predicted molar refractivity (Wildman–Crippen MR) is 50.2 cm³/mol. The Hall–Kier alpha value is -1.36. The van der Waals surface area contributed by atoms with Gasteiger partial charge in [-0.15, -0.1) is 0 Å². The van der Waals surface area contributed by atoms with Gasteiger partial charge in [0.2, 0.25) is 0 Å². The number of hydrogen-bond donors (Lipinski definition) is 3. The van der Waals surface area contributed by atoms with Gasteiger partial charge in [-0.25, -0.2) is 9.78 Å². The Balaban J connectivity index is 3.26. The van der Waals surface area contributed by atoms with E-state index in [2.05, 4.69) is 9.97 Å². The molecule has 78 valence electrons. The van der Waals surface area contributed by atoms with Crippen LogP contribution in [0.1, 0.15) is 42.8 Å².